The van der Waals surface area contributed by atoms with E-state index in [4.69, 9.17) is 9.94 Å². The van der Waals surface area contributed by atoms with Gasteiger partial charge in [0.05, 0.1) is 19.9 Å². The van der Waals surface area contributed by atoms with Crippen LogP contribution in [0.5, 0.6) is 5.75 Å². The van der Waals surface area contributed by atoms with E-state index in [1.54, 1.807) is 12.1 Å². The Hall–Kier alpha value is -1.75. The molecule has 0 aliphatic heterocycles. The summed E-state index contributed by atoms with van der Waals surface area (Å²) in [6.07, 6.45) is 0. The minimum Gasteiger partial charge on any atom is -0.496 e. The lowest BCUT2D eigenvalue weighted by Crippen LogP contribution is -2.08. The summed E-state index contributed by atoms with van der Waals surface area (Å²) in [6.45, 7) is 0. The normalized spacial score (nSPS) is 9.36. The predicted octanol–water partition coefficient (Wildman–Crippen LogP) is 1.28. The molecule has 0 unspecified atom stereocenters. The average molecular weight is 197 g/mol. The van der Waals surface area contributed by atoms with Gasteiger partial charge >= 0.3 is 5.97 Å². The molecule has 1 aromatic rings. The molecular formula is C9H11NO4. The molecule has 0 atom stereocenters. The fourth-order valence-corrected chi connectivity index (χ4v) is 1.11. The third-order valence-electron chi connectivity index (χ3n) is 1.76. The van der Waals surface area contributed by atoms with Gasteiger partial charge in [-0.2, -0.15) is 0 Å². The second-order valence-corrected chi connectivity index (χ2v) is 2.49. The lowest BCUT2D eigenvalue weighted by Gasteiger charge is -2.10. The van der Waals surface area contributed by atoms with Crippen LogP contribution in [0.25, 0.3) is 0 Å². The summed E-state index contributed by atoms with van der Waals surface area (Å²) in [4.78, 5) is 11.3. The van der Waals surface area contributed by atoms with Gasteiger partial charge in [-0.15, -0.1) is 0 Å². The smallest absolute Gasteiger partial charge is 0.343 e. The molecule has 0 spiro atoms. The van der Waals surface area contributed by atoms with Gasteiger partial charge in [0.25, 0.3) is 0 Å². The lowest BCUT2D eigenvalue weighted by molar-refractivity contribution is 0.0597. The van der Waals surface area contributed by atoms with Gasteiger partial charge in [-0.05, 0) is 12.1 Å². The quantitative estimate of drug-likeness (QED) is 0.564. The Morgan fingerprint density at radius 1 is 1.43 bits per heavy atom. The average Bonchev–Trinajstić information content (AvgIpc) is 2.26. The minimum atomic E-state index is -0.570. The van der Waals surface area contributed by atoms with E-state index in [-0.39, 0.29) is 11.3 Å². The molecule has 0 heterocycles. The molecule has 1 aromatic carbocycles. The standard InChI is InChI=1S/C9H11NO4/c1-13-7-5-3-4-6(10-12)8(7)9(11)14-2/h3-5,10,12H,1-2H3. The molecule has 0 radical (unpaired) electrons. The molecule has 0 bridgehead atoms. The molecule has 0 amide bonds. The van der Waals surface area contributed by atoms with Gasteiger partial charge in [-0.25, -0.2) is 4.79 Å². The summed E-state index contributed by atoms with van der Waals surface area (Å²) in [5.74, 6) is -0.227. The van der Waals surface area contributed by atoms with Crippen LogP contribution in [0.3, 0.4) is 0 Å². The molecule has 5 heteroatoms. The topological polar surface area (TPSA) is 67.8 Å². The van der Waals surface area contributed by atoms with Gasteiger partial charge in [0.15, 0.2) is 0 Å². The second-order valence-electron chi connectivity index (χ2n) is 2.49. The first-order valence-corrected chi connectivity index (χ1v) is 3.90. The summed E-state index contributed by atoms with van der Waals surface area (Å²) in [6, 6.07) is 4.78. The molecule has 76 valence electrons. The number of methoxy groups -OCH3 is 2. The van der Waals surface area contributed by atoms with Gasteiger partial charge < -0.3 is 9.47 Å². The van der Waals surface area contributed by atoms with Crippen molar-refractivity contribution < 1.29 is 19.5 Å². The molecule has 1 rings (SSSR count). The molecule has 0 fully saturated rings. The third-order valence-corrected chi connectivity index (χ3v) is 1.76. The maximum absolute atomic E-state index is 11.3. The van der Waals surface area contributed by atoms with Gasteiger partial charge in [-0.1, -0.05) is 6.07 Å². The summed E-state index contributed by atoms with van der Waals surface area (Å²) in [5, 5.41) is 8.77. The van der Waals surface area contributed by atoms with Crippen molar-refractivity contribution in [3.8, 4) is 5.75 Å². The van der Waals surface area contributed by atoms with Crippen molar-refractivity contribution in [3.63, 3.8) is 0 Å². The maximum atomic E-state index is 11.3. The fraction of sp³-hybridized carbons (Fsp3) is 0.222. The van der Waals surface area contributed by atoms with Crippen LogP contribution < -0.4 is 10.2 Å². The third kappa shape index (κ3) is 1.77. The summed E-state index contributed by atoms with van der Waals surface area (Å²) in [5.41, 5.74) is 2.32. The van der Waals surface area contributed by atoms with E-state index in [9.17, 15) is 4.79 Å². The Bertz CT molecular complexity index is 315. The molecule has 0 saturated carbocycles. The summed E-state index contributed by atoms with van der Waals surface area (Å²) in [7, 11) is 2.69. The Morgan fingerprint density at radius 2 is 2.14 bits per heavy atom. The van der Waals surface area contributed by atoms with Crippen molar-refractivity contribution in [2.24, 2.45) is 0 Å². The number of carbonyl (C=O) groups is 1. The van der Waals surface area contributed by atoms with Crippen molar-refractivity contribution >= 4 is 11.7 Å². The van der Waals surface area contributed by atoms with Gasteiger partial charge in [0.1, 0.15) is 11.3 Å². The van der Waals surface area contributed by atoms with Gasteiger partial charge in [-0.3, -0.25) is 10.7 Å². The van der Waals surface area contributed by atoms with E-state index in [2.05, 4.69) is 4.74 Å². The minimum absolute atomic E-state index is 0.167. The monoisotopic (exact) mass is 197 g/mol. The van der Waals surface area contributed by atoms with Crippen LogP contribution >= 0.6 is 0 Å². The molecule has 0 aliphatic carbocycles. The van der Waals surface area contributed by atoms with Crippen molar-refractivity contribution in [1.29, 1.82) is 0 Å². The number of hydrogen-bond donors (Lipinski definition) is 2. The summed E-state index contributed by atoms with van der Waals surface area (Å²) >= 11 is 0. The Kier molecular flexibility index (Phi) is 3.30. The molecule has 0 aliphatic rings. The number of carbonyl (C=O) groups excluding carboxylic acids is 1. The zero-order valence-electron chi connectivity index (χ0n) is 7.90. The van der Waals surface area contributed by atoms with Crippen LogP contribution in [0, 0.1) is 0 Å². The van der Waals surface area contributed by atoms with Crippen LogP contribution in [-0.4, -0.2) is 25.4 Å². The number of nitrogens with one attached hydrogen (secondary N) is 1. The van der Waals surface area contributed by atoms with Crippen LogP contribution in [0.4, 0.5) is 5.69 Å². The number of anilines is 1. The zero-order valence-corrected chi connectivity index (χ0v) is 7.90. The highest BCUT2D eigenvalue weighted by Crippen LogP contribution is 2.26. The first-order valence-electron chi connectivity index (χ1n) is 3.90. The first kappa shape index (κ1) is 10.3. The molecule has 14 heavy (non-hydrogen) atoms. The lowest BCUT2D eigenvalue weighted by atomic mass is 10.1. The van der Waals surface area contributed by atoms with E-state index in [0.29, 0.717) is 5.75 Å². The van der Waals surface area contributed by atoms with Crippen LogP contribution in [0.1, 0.15) is 10.4 Å². The molecular weight excluding hydrogens is 186 g/mol. The highest BCUT2D eigenvalue weighted by molar-refractivity contribution is 5.98. The number of rotatable bonds is 3. The Balaban J connectivity index is 3.25. The van der Waals surface area contributed by atoms with E-state index in [1.165, 1.54) is 20.3 Å². The van der Waals surface area contributed by atoms with Crippen molar-refractivity contribution in [1.82, 2.24) is 0 Å². The van der Waals surface area contributed by atoms with Crippen LogP contribution in [-0.2, 0) is 4.74 Å². The highest BCUT2D eigenvalue weighted by atomic mass is 16.5. The molecule has 2 N–H and O–H groups in total. The Morgan fingerprint density at radius 3 is 2.64 bits per heavy atom. The predicted molar refractivity (Wildman–Crippen MR) is 49.7 cm³/mol. The molecule has 0 aromatic heterocycles. The molecule has 0 saturated heterocycles. The first-order chi connectivity index (χ1) is 6.74. The fourth-order valence-electron chi connectivity index (χ4n) is 1.11. The number of benzene rings is 1. The maximum Gasteiger partial charge on any atom is 0.343 e. The van der Waals surface area contributed by atoms with E-state index >= 15 is 0 Å². The SMILES string of the molecule is COC(=O)c1c(NO)cccc1OC. The number of ether oxygens (including phenoxy) is 2. The van der Waals surface area contributed by atoms with Crippen LogP contribution in [0.15, 0.2) is 18.2 Å². The van der Waals surface area contributed by atoms with Crippen LogP contribution in [0.2, 0.25) is 0 Å². The largest absolute Gasteiger partial charge is 0.496 e. The zero-order chi connectivity index (χ0) is 10.6. The van der Waals surface area contributed by atoms with Gasteiger partial charge in [0, 0.05) is 0 Å². The number of hydrogen-bond acceptors (Lipinski definition) is 5. The second kappa shape index (κ2) is 4.48. The van der Waals surface area contributed by atoms with Crippen molar-refractivity contribution in [2.45, 2.75) is 0 Å². The molecule has 5 nitrogen and oxygen atoms in total. The van der Waals surface area contributed by atoms with E-state index in [1.807, 2.05) is 5.48 Å². The Labute approximate surface area is 81.2 Å². The highest BCUT2D eigenvalue weighted by Gasteiger charge is 2.17. The van der Waals surface area contributed by atoms with E-state index in [0.717, 1.165) is 0 Å². The van der Waals surface area contributed by atoms with Crippen molar-refractivity contribution in [3.05, 3.63) is 23.8 Å². The van der Waals surface area contributed by atoms with E-state index < -0.39 is 5.97 Å². The number of esters is 1. The summed E-state index contributed by atoms with van der Waals surface area (Å²) < 4.78 is 9.51. The van der Waals surface area contributed by atoms with Gasteiger partial charge in [0.2, 0.25) is 0 Å². The van der Waals surface area contributed by atoms with Crippen molar-refractivity contribution in [2.75, 3.05) is 19.7 Å².